The number of amides is 4. The van der Waals surface area contributed by atoms with Crippen LogP contribution in [0, 0.1) is 5.92 Å². The Morgan fingerprint density at radius 3 is 1.87 bits per heavy atom. The molecule has 0 aliphatic carbocycles. The number of rotatable bonds is 19. The van der Waals surface area contributed by atoms with E-state index in [1.807, 2.05) is 0 Å². The predicted octanol–water partition coefficient (Wildman–Crippen LogP) is -0.870. The van der Waals surface area contributed by atoms with Gasteiger partial charge in [-0.15, -0.1) is 0 Å². The van der Waals surface area contributed by atoms with Crippen molar-refractivity contribution in [2.45, 2.75) is 77.0 Å². The lowest BCUT2D eigenvalue weighted by Crippen LogP contribution is -2.55. The van der Waals surface area contributed by atoms with Crippen LogP contribution in [0.15, 0.2) is 24.3 Å². The lowest BCUT2D eigenvalue weighted by atomic mass is 9.98. The van der Waals surface area contributed by atoms with Crippen LogP contribution in [0.2, 0.25) is 0 Å². The van der Waals surface area contributed by atoms with Crippen molar-refractivity contribution in [2.24, 2.45) is 5.92 Å². The van der Waals surface area contributed by atoms with E-state index < -0.39 is 98.7 Å². The van der Waals surface area contributed by atoms with Gasteiger partial charge in [0.15, 0.2) is 0 Å². The number of nitrogens with one attached hydrogen (secondary N) is 4. The van der Waals surface area contributed by atoms with Crippen molar-refractivity contribution in [1.82, 2.24) is 21.3 Å². The zero-order valence-electron chi connectivity index (χ0n) is 24.6. The number of carboxylic acid groups (broad SMARTS) is 3. The van der Waals surface area contributed by atoms with E-state index in [-0.39, 0.29) is 12.2 Å². The van der Waals surface area contributed by atoms with Crippen molar-refractivity contribution >= 4 is 49.4 Å². The summed E-state index contributed by atoms with van der Waals surface area (Å²) < 4.78 is 15.4. The van der Waals surface area contributed by atoms with Gasteiger partial charge in [0.1, 0.15) is 29.9 Å². The van der Waals surface area contributed by atoms with Gasteiger partial charge in [-0.1, -0.05) is 32.4 Å². The number of hydrogen-bond donors (Lipinski definition) is 9. The first-order chi connectivity index (χ1) is 20.8. The van der Waals surface area contributed by atoms with Gasteiger partial charge in [0, 0.05) is 19.8 Å². The Morgan fingerprint density at radius 1 is 0.822 bits per heavy atom. The molecule has 0 aliphatic rings. The average molecular weight is 661 g/mol. The highest BCUT2D eigenvalue weighted by Crippen LogP contribution is 2.37. The fourth-order valence-electron chi connectivity index (χ4n) is 3.90. The molecule has 0 spiro atoms. The summed E-state index contributed by atoms with van der Waals surface area (Å²) in [4.78, 5) is 103. The van der Waals surface area contributed by atoms with Gasteiger partial charge in [-0.05, 0) is 30.0 Å². The van der Waals surface area contributed by atoms with E-state index in [1.54, 1.807) is 13.8 Å². The fraction of sp³-hybridized carbons (Fsp3) is 0.500. The second-order valence-corrected chi connectivity index (χ2v) is 11.2. The molecule has 0 bridgehead atoms. The molecule has 0 saturated carbocycles. The van der Waals surface area contributed by atoms with Gasteiger partial charge in [-0.3, -0.25) is 33.8 Å². The zero-order chi connectivity index (χ0) is 34.5. The standard InChI is InChI=1S/C26H37N4O14P/c1-4-13(2)22(26(39)40)30-23(35)17(9-10-21(33)34)28-20(32)12-19(25(37)38)29-24(36)18(27-14(3)31)11-15-5-7-16(8-6-15)44-45(41,42)43/h5-8,13,17-19,22H,4,9-12H2,1-3H3,(H,27,31)(H,28,32)(H,29,36)(H,30,35)(H,33,34)(H,37,38)(H,39,40)(H2,41,42,43)/t13-,17-,18-,19-,22-/m0/s1. The van der Waals surface area contributed by atoms with Crippen molar-refractivity contribution < 1.29 is 67.8 Å². The monoisotopic (exact) mass is 660 g/mol. The van der Waals surface area contributed by atoms with E-state index in [0.717, 1.165) is 6.92 Å². The first-order valence-corrected chi connectivity index (χ1v) is 15.0. The van der Waals surface area contributed by atoms with Crippen molar-refractivity contribution in [3.63, 3.8) is 0 Å². The number of carbonyl (C=O) groups is 7. The van der Waals surface area contributed by atoms with E-state index in [4.69, 9.17) is 14.9 Å². The van der Waals surface area contributed by atoms with E-state index in [0.29, 0.717) is 12.0 Å². The lowest BCUT2D eigenvalue weighted by molar-refractivity contribution is -0.145. The molecule has 0 radical (unpaired) electrons. The number of hydrogen-bond acceptors (Lipinski definition) is 9. The highest BCUT2D eigenvalue weighted by atomic mass is 31.2. The van der Waals surface area contributed by atoms with Gasteiger partial charge >= 0.3 is 25.7 Å². The molecule has 250 valence electrons. The Labute approximate surface area is 257 Å². The number of phosphoric ester groups is 1. The summed E-state index contributed by atoms with van der Waals surface area (Å²) in [6.07, 6.45) is -1.81. The Kier molecular flexibility index (Phi) is 15.1. The third kappa shape index (κ3) is 14.7. The SMILES string of the molecule is CC[C@H](C)[C@H](NC(=O)[C@H](CCC(=O)O)NC(=O)C[C@H](NC(=O)[C@H](Cc1ccc(OP(=O)(O)O)cc1)NC(C)=O)C(=O)O)C(=O)O. The molecule has 9 N–H and O–H groups in total. The van der Waals surface area contributed by atoms with Crippen molar-refractivity contribution in [1.29, 1.82) is 0 Å². The molecule has 1 aromatic carbocycles. The first kappa shape index (κ1) is 38.5. The Balaban J connectivity index is 3.05. The number of benzene rings is 1. The predicted molar refractivity (Wildman–Crippen MR) is 152 cm³/mol. The molecule has 0 saturated heterocycles. The molecule has 0 unspecified atom stereocenters. The topological polar surface area (TPSA) is 295 Å². The quantitative estimate of drug-likeness (QED) is 0.0816. The Hall–Kier alpha value is -4.54. The molecule has 4 amide bonds. The smallest absolute Gasteiger partial charge is 0.481 e. The fourth-order valence-corrected chi connectivity index (χ4v) is 4.30. The molecule has 0 fully saturated rings. The van der Waals surface area contributed by atoms with Gasteiger partial charge in [-0.25, -0.2) is 14.2 Å². The van der Waals surface area contributed by atoms with Crippen LogP contribution in [0.5, 0.6) is 5.75 Å². The minimum absolute atomic E-state index is 0.182. The maximum absolute atomic E-state index is 13.0. The minimum Gasteiger partial charge on any atom is -0.481 e. The summed E-state index contributed by atoms with van der Waals surface area (Å²) in [5, 5.41) is 37.1. The second-order valence-electron chi connectivity index (χ2n) is 10.0. The summed E-state index contributed by atoms with van der Waals surface area (Å²) in [7, 11) is -4.82. The number of carboxylic acids is 3. The summed E-state index contributed by atoms with van der Waals surface area (Å²) in [5.41, 5.74) is 0.371. The highest BCUT2D eigenvalue weighted by molar-refractivity contribution is 7.46. The van der Waals surface area contributed by atoms with Gasteiger partial charge in [0.25, 0.3) is 0 Å². The molecular weight excluding hydrogens is 623 g/mol. The summed E-state index contributed by atoms with van der Waals surface area (Å²) in [6, 6.07) is -1.05. The average Bonchev–Trinajstić information content (AvgIpc) is 2.92. The minimum atomic E-state index is -4.82. The van der Waals surface area contributed by atoms with Crippen molar-refractivity contribution in [3.8, 4) is 5.75 Å². The number of phosphoric acid groups is 1. The van der Waals surface area contributed by atoms with Gasteiger partial charge in [0.05, 0.1) is 6.42 Å². The summed E-state index contributed by atoms with van der Waals surface area (Å²) in [5.74, 6) is -8.79. The lowest BCUT2D eigenvalue weighted by Gasteiger charge is -2.25. The van der Waals surface area contributed by atoms with Crippen LogP contribution in [-0.2, 0) is 44.5 Å². The third-order valence-electron chi connectivity index (χ3n) is 6.36. The molecular formula is C26H37N4O14P. The van der Waals surface area contributed by atoms with Crippen LogP contribution < -0.4 is 25.8 Å². The van der Waals surface area contributed by atoms with E-state index in [1.165, 1.54) is 24.3 Å². The highest BCUT2D eigenvalue weighted by Gasteiger charge is 2.32. The van der Waals surface area contributed by atoms with Crippen LogP contribution in [0.4, 0.5) is 0 Å². The van der Waals surface area contributed by atoms with E-state index in [9.17, 15) is 48.3 Å². The van der Waals surface area contributed by atoms with Crippen LogP contribution >= 0.6 is 7.82 Å². The molecule has 19 heteroatoms. The Morgan fingerprint density at radius 2 is 1.40 bits per heavy atom. The van der Waals surface area contributed by atoms with Crippen molar-refractivity contribution in [2.75, 3.05) is 0 Å². The van der Waals surface area contributed by atoms with Gasteiger partial charge in [-0.2, -0.15) is 0 Å². The van der Waals surface area contributed by atoms with Crippen LogP contribution in [0.1, 0.15) is 52.0 Å². The molecule has 1 aromatic rings. The summed E-state index contributed by atoms with van der Waals surface area (Å²) in [6.45, 7) is 4.35. The second kappa shape index (κ2) is 17.7. The third-order valence-corrected chi connectivity index (χ3v) is 6.81. The van der Waals surface area contributed by atoms with Gasteiger partial charge < -0.3 is 41.1 Å². The van der Waals surface area contributed by atoms with E-state index in [2.05, 4.69) is 25.8 Å². The maximum atomic E-state index is 13.0. The van der Waals surface area contributed by atoms with Crippen LogP contribution in [0.3, 0.4) is 0 Å². The number of aliphatic carboxylic acids is 3. The van der Waals surface area contributed by atoms with Crippen LogP contribution in [0.25, 0.3) is 0 Å². The molecule has 1 rings (SSSR count). The molecule has 18 nitrogen and oxygen atoms in total. The van der Waals surface area contributed by atoms with Crippen molar-refractivity contribution in [3.05, 3.63) is 29.8 Å². The molecule has 0 aliphatic heterocycles. The Bertz CT molecular complexity index is 1300. The van der Waals surface area contributed by atoms with Gasteiger partial charge in [0.2, 0.25) is 23.6 Å². The normalized spacial score (nSPS) is 14.4. The molecule has 0 aromatic heterocycles. The summed E-state index contributed by atoms with van der Waals surface area (Å²) >= 11 is 0. The van der Waals surface area contributed by atoms with Crippen LogP contribution in [-0.4, -0.2) is 90.8 Å². The zero-order valence-corrected chi connectivity index (χ0v) is 25.5. The number of carbonyl (C=O) groups excluding carboxylic acids is 4. The molecule has 5 atom stereocenters. The van der Waals surface area contributed by atoms with E-state index >= 15 is 0 Å². The largest absolute Gasteiger partial charge is 0.524 e. The molecule has 45 heavy (non-hydrogen) atoms. The first-order valence-electron chi connectivity index (χ1n) is 13.5. The molecule has 0 heterocycles. The maximum Gasteiger partial charge on any atom is 0.524 e.